The fourth-order valence-electron chi connectivity index (χ4n) is 3.99. The summed E-state index contributed by atoms with van der Waals surface area (Å²) in [6.45, 7) is 0.769. The van der Waals surface area contributed by atoms with Crippen LogP contribution in [-0.4, -0.2) is 31.1 Å². The zero-order valence-corrected chi connectivity index (χ0v) is 19.2. The highest BCUT2D eigenvalue weighted by Gasteiger charge is 2.16. The maximum absolute atomic E-state index is 12.7. The van der Waals surface area contributed by atoms with Crippen LogP contribution in [0.25, 0.3) is 0 Å². The van der Waals surface area contributed by atoms with Gasteiger partial charge in [-0.3, -0.25) is 9.59 Å². The van der Waals surface area contributed by atoms with Gasteiger partial charge in [-0.15, -0.1) is 0 Å². The molecule has 0 heterocycles. The lowest BCUT2D eigenvalue weighted by Gasteiger charge is -2.22. The summed E-state index contributed by atoms with van der Waals surface area (Å²) in [7, 11) is 0. The van der Waals surface area contributed by atoms with Crippen LogP contribution in [-0.2, 0) is 0 Å². The molecule has 2 N–H and O–H groups in total. The molecular formula is C28H30N2O4. The molecule has 176 valence electrons. The molecule has 34 heavy (non-hydrogen) atoms. The predicted molar refractivity (Wildman–Crippen MR) is 133 cm³/mol. The summed E-state index contributed by atoms with van der Waals surface area (Å²) in [5, 5.41) is 5.98. The number of nitrogens with one attached hydrogen (secondary N) is 2. The molecule has 1 saturated carbocycles. The normalized spacial score (nSPS) is 13.6. The van der Waals surface area contributed by atoms with Gasteiger partial charge in [0, 0.05) is 22.9 Å². The quantitative estimate of drug-likeness (QED) is 0.418. The van der Waals surface area contributed by atoms with Crippen molar-refractivity contribution in [3.63, 3.8) is 0 Å². The average molecular weight is 459 g/mol. The lowest BCUT2D eigenvalue weighted by atomic mass is 9.95. The molecule has 3 aromatic carbocycles. The summed E-state index contributed by atoms with van der Waals surface area (Å²) in [4.78, 5) is 25.2. The van der Waals surface area contributed by atoms with E-state index in [1.54, 1.807) is 48.5 Å². The third-order valence-corrected chi connectivity index (χ3v) is 5.81. The lowest BCUT2D eigenvalue weighted by molar-refractivity contribution is 0.0927. The predicted octanol–water partition coefficient (Wildman–Crippen LogP) is 5.46. The third kappa shape index (κ3) is 6.85. The fourth-order valence-corrected chi connectivity index (χ4v) is 3.99. The van der Waals surface area contributed by atoms with E-state index in [1.165, 1.54) is 19.3 Å². The minimum Gasteiger partial charge on any atom is -0.490 e. The Morgan fingerprint density at radius 2 is 1.38 bits per heavy atom. The van der Waals surface area contributed by atoms with E-state index in [9.17, 15) is 9.59 Å². The molecule has 0 saturated heterocycles. The topological polar surface area (TPSA) is 76.7 Å². The van der Waals surface area contributed by atoms with Crippen LogP contribution in [0.2, 0.25) is 0 Å². The van der Waals surface area contributed by atoms with Crippen LogP contribution in [0.15, 0.2) is 78.9 Å². The van der Waals surface area contributed by atoms with Gasteiger partial charge in [0.15, 0.2) is 0 Å². The Hall–Kier alpha value is -3.80. The van der Waals surface area contributed by atoms with E-state index in [0.29, 0.717) is 35.8 Å². The molecule has 6 heteroatoms. The van der Waals surface area contributed by atoms with E-state index < -0.39 is 0 Å². The number of anilines is 1. The minimum atomic E-state index is -0.245. The van der Waals surface area contributed by atoms with Crippen molar-refractivity contribution >= 4 is 17.5 Å². The van der Waals surface area contributed by atoms with E-state index in [-0.39, 0.29) is 17.9 Å². The van der Waals surface area contributed by atoms with Crippen molar-refractivity contribution < 1.29 is 19.1 Å². The van der Waals surface area contributed by atoms with Crippen molar-refractivity contribution in [3.05, 3.63) is 90.0 Å². The molecule has 0 aromatic heterocycles. The number of amides is 2. The second-order valence-corrected chi connectivity index (χ2v) is 8.38. The fraction of sp³-hybridized carbons (Fsp3) is 0.286. The van der Waals surface area contributed by atoms with E-state index in [4.69, 9.17) is 9.47 Å². The van der Waals surface area contributed by atoms with Gasteiger partial charge >= 0.3 is 0 Å². The molecule has 0 unspecified atom stereocenters. The number of hydrogen-bond acceptors (Lipinski definition) is 4. The van der Waals surface area contributed by atoms with Crippen LogP contribution in [0, 0.1) is 0 Å². The molecule has 0 bridgehead atoms. The molecule has 0 aliphatic heterocycles. The first-order valence-electron chi connectivity index (χ1n) is 11.8. The number of benzene rings is 3. The van der Waals surface area contributed by atoms with Gasteiger partial charge in [0.05, 0.1) is 0 Å². The van der Waals surface area contributed by atoms with E-state index in [0.717, 1.165) is 18.6 Å². The Morgan fingerprint density at radius 3 is 2.12 bits per heavy atom. The largest absolute Gasteiger partial charge is 0.490 e. The third-order valence-electron chi connectivity index (χ3n) is 5.81. The molecule has 1 fully saturated rings. The molecule has 3 aromatic rings. The summed E-state index contributed by atoms with van der Waals surface area (Å²) < 4.78 is 11.3. The molecule has 0 radical (unpaired) electrons. The smallest absolute Gasteiger partial charge is 0.255 e. The Balaban J connectivity index is 1.26. The highest BCUT2D eigenvalue weighted by Crippen LogP contribution is 2.19. The summed E-state index contributed by atoms with van der Waals surface area (Å²) >= 11 is 0. The van der Waals surface area contributed by atoms with Crippen LogP contribution in [0.5, 0.6) is 11.5 Å². The number of carbonyl (C=O) groups is 2. The maximum Gasteiger partial charge on any atom is 0.255 e. The highest BCUT2D eigenvalue weighted by molar-refractivity contribution is 6.04. The van der Waals surface area contributed by atoms with Gasteiger partial charge in [-0.05, 0) is 67.4 Å². The van der Waals surface area contributed by atoms with Crippen molar-refractivity contribution in [1.29, 1.82) is 0 Å². The molecule has 0 atom stereocenters. The monoisotopic (exact) mass is 458 g/mol. The zero-order valence-electron chi connectivity index (χ0n) is 19.2. The van der Waals surface area contributed by atoms with Crippen LogP contribution >= 0.6 is 0 Å². The SMILES string of the molecule is O=C(Nc1ccc(C(=O)NC2CCCCC2)cc1)c1cccc(OCCOc2ccccc2)c1. The summed E-state index contributed by atoms with van der Waals surface area (Å²) in [5.41, 5.74) is 1.71. The number of rotatable bonds is 9. The second kappa shape index (κ2) is 11.9. The number of hydrogen-bond donors (Lipinski definition) is 2. The van der Waals surface area contributed by atoms with Crippen molar-refractivity contribution in [2.24, 2.45) is 0 Å². The number of ether oxygens (including phenoxy) is 2. The summed E-state index contributed by atoms with van der Waals surface area (Å²) in [5.74, 6) is 1.08. The lowest BCUT2D eigenvalue weighted by Crippen LogP contribution is -2.36. The summed E-state index contributed by atoms with van der Waals surface area (Å²) in [6, 6.07) is 23.8. The first kappa shape index (κ1) is 23.4. The Morgan fingerprint density at radius 1 is 0.706 bits per heavy atom. The van der Waals surface area contributed by atoms with Crippen LogP contribution in [0.1, 0.15) is 52.8 Å². The number of para-hydroxylation sites is 1. The van der Waals surface area contributed by atoms with Gasteiger partial charge in [-0.2, -0.15) is 0 Å². The first-order valence-corrected chi connectivity index (χ1v) is 11.8. The van der Waals surface area contributed by atoms with Gasteiger partial charge in [-0.1, -0.05) is 43.5 Å². The molecule has 1 aliphatic rings. The van der Waals surface area contributed by atoms with Gasteiger partial charge in [0.25, 0.3) is 11.8 Å². The summed E-state index contributed by atoms with van der Waals surface area (Å²) in [6.07, 6.45) is 5.68. The van der Waals surface area contributed by atoms with Crippen molar-refractivity contribution in [2.75, 3.05) is 18.5 Å². The molecule has 0 spiro atoms. The van der Waals surface area contributed by atoms with Crippen molar-refractivity contribution in [1.82, 2.24) is 5.32 Å². The van der Waals surface area contributed by atoms with Gasteiger partial charge in [0.1, 0.15) is 24.7 Å². The van der Waals surface area contributed by atoms with Crippen molar-refractivity contribution in [3.8, 4) is 11.5 Å². The molecule has 4 rings (SSSR count). The standard InChI is InChI=1S/C28H30N2O4/c31-27(29-23-9-3-1-4-10-23)21-14-16-24(17-15-21)30-28(32)22-8-7-13-26(20-22)34-19-18-33-25-11-5-2-6-12-25/h2,5-8,11-17,20,23H,1,3-4,9-10,18-19H2,(H,29,31)(H,30,32). The number of carbonyl (C=O) groups excluding carboxylic acids is 2. The Labute approximate surface area is 200 Å². The first-order chi connectivity index (χ1) is 16.7. The van der Waals surface area contributed by atoms with Crippen LogP contribution in [0.4, 0.5) is 5.69 Å². The molecule has 1 aliphatic carbocycles. The van der Waals surface area contributed by atoms with Gasteiger partial charge < -0.3 is 20.1 Å². The Kier molecular flexibility index (Phi) is 8.17. The highest BCUT2D eigenvalue weighted by atomic mass is 16.5. The van der Waals surface area contributed by atoms with Gasteiger partial charge in [0.2, 0.25) is 0 Å². The maximum atomic E-state index is 12.7. The van der Waals surface area contributed by atoms with E-state index in [2.05, 4.69) is 10.6 Å². The van der Waals surface area contributed by atoms with E-state index in [1.807, 2.05) is 30.3 Å². The molecule has 6 nitrogen and oxygen atoms in total. The van der Waals surface area contributed by atoms with Crippen molar-refractivity contribution in [2.45, 2.75) is 38.1 Å². The average Bonchev–Trinajstić information content (AvgIpc) is 2.88. The zero-order chi connectivity index (χ0) is 23.6. The molecule has 2 amide bonds. The van der Waals surface area contributed by atoms with Crippen LogP contribution < -0.4 is 20.1 Å². The van der Waals surface area contributed by atoms with Crippen LogP contribution in [0.3, 0.4) is 0 Å². The second-order valence-electron chi connectivity index (χ2n) is 8.38. The van der Waals surface area contributed by atoms with Gasteiger partial charge in [-0.25, -0.2) is 0 Å². The Bertz CT molecular complexity index is 1080. The van der Waals surface area contributed by atoms with E-state index >= 15 is 0 Å². The molecular weight excluding hydrogens is 428 g/mol. The minimum absolute atomic E-state index is 0.0640.